The average molecular weight is 563 g/mol. The van der Waals surface area contributed by atoms with Gasteiger partial charge in [-0.25, -0.2) is 8.78 Å². The highest BCUT2D eigenvalue weighted by molar-refractivity contribution is 8.02. The Hall–Kier alpha value is -3.05. The van der Waals surface area contributed by atoms with Gasteiger partial charge < -0.3 is 29.9 Å². The van der Waals surface area contributed by atoms with E-state index in [-0.39, 0.29) is 19.6 Å². The predicted octanol–water partition coefficient (Wildman–Crippen LogP) is 4.84. The van der Waals surface area contributed by atoms with Gasteiger partial charge in [-0.1, -0.05) is 42.8 Å². The Bertz CT molecular complexity index is 1260. The number of nitrogens with one attached hydrogen (secondary N) is 4. The predicted molar refractivity (Wildman–Crippen MR) is 147 cm³/mol. The van der Waals surface area contributed by atoms with Crippen molar-refractivity contribution < 1.29 is 23.4 Å². The Morgan fingerprint density at radius 1 is 1.08 bits per heavy atom. The van der Waals surface area contributed by atoms with Crippen LogP contribution in [-0.4, -0.2) is 36.3 Å². The van der Waals surface area contributed by atoms with Crippen LogP contribution in [0.1, 0.15) is 23.6 Å². The molecule has 5 N–H and O–H groups in total. The van der Waals surface area contributed by atoms with Gasteiger partial charge in [0.05, 0.1) is 35.7 Å². The molecule has 202 valence electrons. The second-order valence-electron chi connectivity index (χ2n) is 8.92. The van der Waals surface area contributed by atoms with E-state index in [1.807, 2.05) is 18.2 Å². The Labute approximate surface area is 229 Å². The minimum absolute atomic E-state index is 0.0149. The number of halogens is 3. The summed E-state index contributed by atoms with van der Waals surface area (Å²) in [6.07, 6.45) is -0.114. The molecule has 1 heterocycles. The van der Waals surface area contributed by atoms with Crippen molar-refractivity contribution in [2.45, 2.75) is 38.5 Å². The lowest BCUT2D eigenvalue weighted by molar-refractivity contribution is -0.124. The third-order valence-electron chi connectivity index (χ3n) is 6.05. The molecule has 0 aromatic heterocycles. The maximum Gasteiger partial charge on any atom is 0.258 e. The van der Waals surface area contributed by atoms with Crippen LogP contribution >= 0.6 is 23.7 Å². The van der Waals surface area contributed by atoms with Gasteiger partial charge in [-0.15, -0.1) is 0 Å². The van der Waals surface area contributed by atoms with Crippen molar-refractivity contribution in [3.8, 4) is 5.75 Å². The molecule has 38 heavy (non-hydrogen) atoms. The number of aliphatic hydroxyl groups excluding tert-OH is 1. The second kappa shape index (κ2) is 13.1. The summed E-state index contributed by atoms with van der Waals surface area (Å²) >= 11 is 7.63. The molecule has 7 nitrogen and oxygen atoms in total. The lowest BCUT2D eigenvalue weighted by Crippen LogP contribution is -2.49. The first-order valence-electron chi connectivity index (χ1n) is 12.2. The number of hydrogen-bond acceptors (Lipinski definition) is 7. The van der Waals surface area contributed by atoms with Crippen LogP contribution < -0.4 is 24.8 Å². The molecule has 0 aliphatic carbocycles. The first-order valence-corrected chi connectivity index (χ1v) is 13.4. The smallest absolute Gasteiger partial charge is 0.258 e. The van der Waals surface area contributed by atoms with Gasteiger partial charge in [-0.3, -0.25) is 4.79 Å². The summed E-state index contributed by atoms with van der Waals surface area (Å²) in [5, 5.41) is 17.2. The summed E-state index contributed by atoms with van der Waals surface area (Å²) in [5.74, 6) is -1.66. The normalized spacial score (nSPS) is 13.7. The van der Waals surface area contributed by atoms with Gasteiger partial charge in [0.1, 0.15) is 22.4 Å². The van der Waals surface area contributed by atoms with E-state index in [1.165, 1.54) is 29.8 Å². The van der Waals surface area contributed by atoms with Gasteiger partial charge in [-0.2, -0.15) is 0 Å². The Morgan fingerprint density at radius 3 is 2.61 bits per heavy atom. The largest absolute Gasteiger partial charge is 0.482 e. The molecular formula is C27H29ClF2N4O3S. The molecule has 1 aliphatic rings. The minimum Gasteiger partial charge on any atom is -0.482 e. The van der Waals surface area contributed by atoms with Crippen LogP contribution in [0.25, 0.3) is 0 Å². The molecule has 3 aromatic rings. The van der Waals surface area contributed by atoms with Crippen LogP contribution in [0.5, 0.6) is 5.75 Å². The molecule has 0 saturated carbocycles. The van der Waals surface area contributed by atoms with E-state index in [0.29, 0.717) is 28.6 Å². The molecule has 4 rings (SSSR count). The number of amides is 1. The summed E-state index contributed by atoms with van der Waals surface area (Å²) in [4.78, 5) is 12.8. The van der Waals surface area contributed by atoms with E-state index in [9.17, 15) is 18.7 Å². The van der Waals surface area contributed by atoms with Crippen molar-refractivity contribution in [1.82, 2.24) is 10.6 Å². The zero-order chi connectivity index (χ0) is 27.1. The van der Waals surface area contributed by atoms with Crippen molar-refractivity contribution in [3.63, 3.8) is 0 Å². The molecule has 11 heteroatoms. The second-order valence-corrected chi connectivity index (χ2v) is 9.91. The molecular weight excluding hydrogens is 534 g/mol. The molecule has 0 spiro atoms. The molecule has 0 radical (unpaired) electrons. The van der Waals surface area contributed by atoms with E-state index in [0.717, 1.165) is 23.7 Å². The van der Waals surface area contributed by atoms with Crippen molar-refractivity contribution in [2.24, 2.45) is 0 Å². The van der Waals surface area contributed by atoms with Gasteiger partial charge in [0.2, 0.25) is 0 Å². The number of aliphatic hydroxyl groups is 1. The molecule has 0 saturated heterocycles. The third-order valence-corrected chi connectivity index (χ3v) is 7.05. The van der Waals surface area contributed by atoms with Crippen LogP contribution in [0.2, 0.25) is 5.02 Å². The summed E-state index contributed by atoms with van der Waals surface area (Å²) in [6.45, 7) is 2.37. The molecule has 0 fully saturated rings. The number of aryl methyl sites for hydroxylation is 1. The van der Waals surface area contributed by atoms with Crippen molar-refractivity contribution in [1.29, 1.82) is 0 Å². The van der Waals surface area contributed by atoms with Crippen molar-refractivity contribution in [3.05, 3.63) is 87.9 Å². The standard InChI is InChI=1S/C27H29ClF2N4O3S/c1-2-16-4-3-5-17(8-16)13-31-14-23(35)22(11-18-9-19(29)12-20(30)10-18)32-25(36)15-37-24-7-6-21-27(26(24)28)34-38-33-21/h3-10,12,22-23,31,33-35H,2,11,13-15H2,1H3,(H,32,36). The number of carbonyl (C=O) groups is 1. The number of anilines is 2. The van der Waals surface area contributed by atoms with Crippen LogP contribution in [0, 0.1) is 11.6 Å². The monoisotopic (exact) mass is 562 g/mol. The third kappa shape index (κ3) is 7.50. The molecule has 3 aromatic carbocycles. The van der Waals surface area contributed by atoms with Crippen LogP contribution in [-0.2, 0) is 24.2 Å². The molecule has 2 unspecified atom stereocenters. The van der Waals surface area contributed by atoms with Gasteiger partial charge in [0.15, 0.2) is 6.61 Å². The van der Waals surface area contributed by atoms with Crippen molar-refractivity contribution in [2.75, 3.05) is 22.6 Å². The molecule has 2 atom stereocenters. The highest BCUT2D eigenvalue weighted by Crippen LogP contribution is 2.43. The summed E-state index contributed by atoms with van der Waals surface area (Å²) in [7, 11) is 0. The first kappa shape index (κ1) is 28.0. The van der Waals surface area contributed by atoms with Gasteiger partial charge in [0.25, 0.3) is 5.91 Å². The van der Waals surface area contributed by atoms with Crippen LogP contribution in [0.4, 0.5) is 20.2 Å². The molecule has 1 amide bonds. The molecule has 1 aliphatic heterocycles. The number of benzene rings is 3. The number of fused-ring (bicyclic) bond motifs is 1. The fraction of sp³-hybridized carbons (Fsp3) is 0.296. The van der Waals surface area contributed by atoms with Gasteiger partial charge in [0, 0.05) is 19.2 Å². The number of carbonyl (C=O) groups excluding carboxylic acids is 1. The van der Waals surface area contributed by atoms with E-state index in [1.54, 1.807) is 12.1 Å². The summed E-state index contributed by atoms with van der Waals surface area (Å²) in [5.41, 5.74) is 4.04. The fourth-order valence-electron chi connectivity index (χ4n) is 4.11. The fourth-order valence-corrected chi connectivity index (χ4v) is 5.08. The topological polar surface area (TPSA) is 94.7 Å². The first-order chi connectivity index (χ1) is 18.3. The Balaban J connectivity index is 1.39. The maximum absolute atomic E-state index is 13.8. The van der Waals surface area contributed by atoms with Gasteiger partial charge in [-0.05, 0) is 53.8 Å². The highest BCUT2D eigenvalue weighted by atomic mass is 35.5. The van der Waals surface area contributed by atoms with Crippen LogP contribution in [0.3, 0.4) is 0 Å². The zero-order valence-corrected chi connectivity index (χ0v) is 22.3. The molecule has 0 bridgehead atoms. The van der Waals surface area contributed by atoms with Crippen molar-refractivity contribution >= 4 is 41.0 Å². The number of rotatable bonds is 12. The lowest BCUT2D eigenvalue weighted by Gasteiger charge is -2.25. The Morgan fingerprint density at radius 2 is 1.84 bits per heavy atom. The lowest BCUT2D eigenvalue weighted by atomic mass is 10.0. The SMILES string of the molecule is CCc1cccc(CNCC(O)C(Cc2cc(F)cc(F)c2)NC(=O)COc2ccc3c(c2Cl)NSN3)c1. The van der Waals surface area contributed by atoms with E-state index < -0.39 is 29.7 Å². The number of ether oxygens (including phenoxy) is 1. The van der Waals surface area contributed by atoms with Gasteiger partial charge >= 0.3 is 0 Å². The Kier molecular flexibility index (Phi) is 9.68. The zero-order valence-electron chi connectivity index (χ0n) is 20.7. The summed E-state index contributed by atoms with van der Waals surface area (Å²) < 4.78 is 39.2. The van der Waals surface area contributed by atoms with E-state index >= 15 is 0 Å². The number of hydrogen-bond donors (Lipinski definition) is 5. The van der Waals surface area contributed by atoms with E-state index in [2.05, 4.69) is 33.1 Å². The maximum atomic E-state index is 13.8. The minimum atomic E-state index is -1.05. The summed E-state index contributed by atoms with van der Waals surface area (Å²) in [6, 6.07) is 13.8. The highest BCUT2D eigenvalue weighted by Gasteiger charge is 2.23. The van der Waals surface area contributed by atoms with Crippen LogP contribution in [0.15, 0.2) is 54.6 Å². The average Bonchev–Trinajstić information content (AvgIpc) is 3.37. The van der Waals surface area contributed by atoms with E-state index in [4.69, 9.17) is 16.3 Å². The quantitative estimate of drug-likeness (QED) is 0.202.